The fourth-order valence-electron chi connectivity index (χ4n) is 2.57. The number of benzene rings is 2. The van der Waals surface area contributed by atoms with Crippen molar-refractivity contribution in [3.8, 4) is 5.69 Å². The zero-order valence-electron chi connectivity index (χ0n) is 15.1. The van der Waals surface area contributed by atoms with E-state index in [1.807, 2.05) is 26.0 Å². The van der Waals surface area contributed by atoms with Crippen LogP contribution in [0.2, 0.25) is 0 Å². The van der Waals surface area contributed by atoms with E-state index in [0.717, 1.165) is 24.1 Å². The van der Waals surface area contributed by atoms with Crippen LogP contribution in [0.3, 0.4) is 0 Å². The number of nitrogens with zero attached hydrogens (tertiary/aromatic N) is 3. The molecule has 27 heavy (non-hydrogen) atoms. The van der Waals surface area contributed by atoms with Gasteiger partial charge in [0, 0.05) is 12.1 Å². The van der Waals surface area contributed by atoms with Gasteiger partial charge in [-0.15, -0.1) is 10.2 Å². The predicted molar refractivity (Wildman–Crippen MR) is 107 cm³/mol. The Morgan fingerprint density at radius 2 is 1.85 bits per heavy atom. The molecule has 0 aliphatic carbocycles. The zero-order chi connectivity index (χ0) is 19.4. The van der Waals surface area contributed by atoms with Crippen LogP contribution in [-0.2, 0) is 4.79 Å². The first-order chi connectivity index (χ1) is 13.0. The quantitative estimate of drug-likeness (QED) is 0.653. The van der Waals surface area contributed by atoms with Gasteiger partial charge < -0.3 is 10.6 Å². The Kier molecular flexibility index (Phi) is 5.75. The second-order valence-corrected chi connectivity index (χ2v) is 6.64. The van der Waals surface area contributed by atoms with Crippen molar-refractivity contribution in [3.63, 3.8) is 0 Å². The molecule has 0 unspecified atom stereocenters. The minimum absolute atomic E-state index is 0.102. The number of hydrogen-bond donors (Lipinski definition) is 2. The predicted octanol–water partition coefficient (Wildman–Crippen LogP) is 3.87. The number of amides is 1. The summed E-state index contributed by atoms with van der Waals surface area (Å²) in [6.07, 6.45) is 2.22. The van der Waals surface area contributed by atoms with Gasteiger partial charge in [-0.2, -0.15) is 4.80 Å². The smallest absolute Gasteiger partial charge is 0.226 e. The minimum atomic E-state index is -0.313. The Labute approximate surface area is 161 Å². The van der Waals surface area contributed by atoms with Crippen LogP contribution in [0.25, 0.3) is 16.7 Å². The van der Waals surface area contributed by atoms with Crippen LogP contribution < -0.4 is 10.6 Å². The zero-order valence-corrected chi connectivity index (χ0v) is 15.9. The number of carbonyl (C=O) groups excluding carboxylic acids is 1. The highest BCUT2D eigenvalue weighted by atomic mass is 32.1. The summed E-state index contributed by atoms with van der Waals surface area (Å²) in [4.78, 5) is 13.2. The summed E-state index contributed by atoms with van der Waals surface area (Å²) in [5.41, 5.74) is 3.69. The van der Waals surface area contributed by atoms with E-state index in [4.69, 9.17) is 12.2 Å². The molecule has 0 saturated heterocycles. The molecule has 0 bridgehead atoms. The van der Waals surface area contributed by atoms with Crippen LogP contribution >= 0.6 is 12.2 Å². The molecule has 0 saturated carbocycles. The van der Waals surface area contributed by atoms with E-state index in [1.165, 1.54) is 16.9 Å². The Bertz CT molecular complexity index is 984. The monoisotopic (exact) mass is 385 g/mol. The average Bonchev–Trinajstić information content (AvgIpc) is 3.03. The maximum absolute atomic E-state index is 13.1. The molecule has 0 radical (unpaired) electrons. The molecule has 0 spiro atoms. The summed E-state index contributed by atoms with van der Waals surface area (Å²) >= 11 is 5.22. The molecule has 1 aromatic heterocycles. The first-order valence-electron chi connectivity index (χ1n) is 8.70. The lowest BCUT2D eigenvalue weighted by atomic mass is 10.2. The third kappa shape index (κ3) is 4.65. The van der Waals surface area contributed by atoms with Gasteiger partial charge >= 0.3 is 0 Å². The summed E-state index contributed by atoms with van der Waals surface area (Å²) in [6, 6.07) is 9.65. The summed E-state index contributed by atoms with van der Waals surface area (Å²) in [5.74, 6) is -0.414. The summed E-state index contributed by atoms with van der Waals surface area (Å²) in [7, 11) is 0. The van der Waals surface area contributed by atoms with E-state index >= 15 is 0 Å². The molecule has 2 N–H and O–H groups in total. The van der Waals surface area contributed by atoms with Crippen molar-refractivity contribution in [2.75, 3.05) is 5.32 Å². The van der Waals surface area contributed by atoms with Crippen LogP contribution in [0.4, 0.5) is 10.1 Å². The van der Waals surface area contributed by atoms with Crippen LogP contribution in [0.15, 0.2) is 36.4 Å². The Morgan fingerprint density at radius 3 is 2.52 bits per heavy atom. The normalized spacial score (nSPS) is 10.8. The minimum Gasteiger partial charge on any atom is -0.332 e. The lowest BCUT2D eigenvalue weighted by Gasteiger charge is -2.11. The third-order valence-electron chi connectivity index (χ3n) is 4.04. The molecule has 6 nitrogen and oxygen atoms in total. The average molecular weight is 385 g/mol. The van der Waals surface area contributed by atoms with E-state index in [1.54, 1.807) is 12.1 Å². The molecule has 1 amide bonds. The molecule has 3 rings (SSSR count). The van der Waals surface area contributed by atoms with Crippen molar-refractivity contribution in [1.29, 1.82) is 0 Å². The molecule has 0 aliphatic heterocycles. The lowest BCUT2D eigenvalue weighted by Crippen LogP contribution is -2.34. The highest BCUT2D eigenvalue weighted by Crippen LogP contribution is 2.22. The number of carbonyl (C=O) groups is 1. The molecular formula is C19H20FN5OS. The SMILES string of the molecule is CCCCC(=O)NC(=S)Nc1cc2nn(-c3ccc(F)cc3)nc2cc1C. The number of aryl methyl sites for hydroxylation is 1. The topological polar surface area (TPSA) is 71.8 Å². The number of halogens is 1. The number of hydrogen-bond acceptors (Lipinski definition) is 4. The number of anilines is 1. The second kappa shape index (κ2) is 8.22. The fraction of sp³-hybridized carbons (Fsp3) is 0.263. The van der Waals surface area contributed by atoms with E-state index in [2.05, 4.69) is 20.8 Å². The standard InChI is InChI=1S/C19H20FN5OS/c1-3-4-5-18(26)22-19(27)21-15-11-17-16(10-12(15)2)23-25(24-17)14-8-6-13(20)7-9-14/h6-11H,3-5H2,1-2H3,(H2,21,22,26,27). The molecule has 0 fully saturated rings. The molecule has 0 atom stereocenters. The maximum Gasteiger partial charge on any atom is 0.226 e. The fourth-order valence-corrected chi connectivity index (χ4v) is 2.80. The van der Waals surface area contributed by atoms with Gasteiger partial charge in [0.05, 0.1) is 5.69 Å². The van der Waals surface area contributed by atoms with Crippen LogP contribution in [0.1, 0.15) is 31.7 Å². The molecule has 1 heterocycles. The van der Waals surface area contributed by atoms with Crippen molar-refractivity contribution in [1.82, 2.24) is 20.3 Å². The van der Waals surface area contributed by atoms with Gasteiger partial charge in [-0.05, 0) is 67.5 Å². The molecule has 3 aromatic rings. The number of aromatic nitrogens is 3. The van der Waals surface area contributed by atoms with Crippen molar-refractivity contribution in [2.24, 2.45) is 0 Å². The van der Waals surface area contributed by atoms with Gasteiger partial charge in [-0.3, -0.25) is 4.79 Å². The Morgan fingerprint density at radius 1 is 1.19 bits per heavy atom. The van der Waals surface area contributed by atoms with Crippen molar-refractivity contribution in [2.45, 2.75) is 33.1 Å². The second-order valence-electron chi connectivity index (χ2n) is 6.23. The van der Waals surface area contributed by atoms with Crippen LogP contribution in [-0.4, -0.2) is 26.0 Å². The van der Waals surface area contributed by atoms with Crippen molar-refractivity contribution < 1.29 is 9.18 Å². The van der Waals surface area contributed by atoms with E-state index in [9.17, 15) is 9.18 Å². The number of thiocarbonyl (C=S) groups is 1. The summed E-state index contributed by atoms with van der Waals surface area (Å²) in [6.45, 7) is 3.95. The third-order valence-corrected chi connectivity index (χ3v) is 4.25. The number of unbranched alkanes of at least 4 members (excludes halogenated alkanes) is 1. The van der Waals surface area contributed by atoms with Crippen molar-refractivity contribution >= 4 is 40.0 Å². The number of nitrogens with one attached hydrogen (secondary N) is 2. The molecule has 8 heteroatoms. The highest BCUT2D eigenvalue weighted by Gasteiger charge is 2.11. The van der Waals surface area contributed by atoms with Gasteiger partial charge in [0.25, 0.3) is 0 Å². The van der Waals surface area contributed by atoms with Gasteiger partial charge in [-0.1, -0.05) is 13.3 Å². The first-order valence-corrected chi connectivity index (χ1v) is 9.11. The van der Waals surface area contributed by atoms with Gasteiger partial charge in [-0.25, -0.2) is 4.39 Å². The van der Waals surface area contributed by atoms with E-state index in [-0.39, 0.29) is 16.8 Å². The summed E-state index contributed by atoms with van der Waals surface area (Å²) < 4.78 is 13.1. The van der Waals surface area contributed by atoms with Gasteiger partial charge in [0.15, 0.2) is 5.11 Å². The largest absolute Gasteiger partial charge is 0.332 e. The lowest BCUT2D eigenvalue weighted by molar-refractivity contribution is -0.119. The Hall–Kier alpha value is -2.87. The van der Waals surface area contributed by atoms with Crippen LogP contribution in [0, 0.1) is 12.7 Å². The van der Waals surface area contributed by atoms with E-state index < -0.39 is 0 Å². The molecule has 0 aliphatic rings. The number of fused-ring (bicyclic) bond motifs is 1. The molecule has 140 valence electrons. The highest BCUT2D eigenvalue weighted by molar-refractivity contribution is 7.80. The summed E-state index contributed by atoms with van der Waals surface area (Å²) in [5, 5.41) is 14.8. The maximum atomic E-state index is 13.1. The molecular weight excluding hydrogens is 365 g/mol. The van der Waals surface area contributed by atoms with Gasteiger partial charge in [0.1, 0.15) is 16.9 Å². The van der Waals surface area contributed by atoms with E-state index in [0.29, 0.717) is 23.1 Å². The Balaban J connectivity index is 1.78. The van der Waals surface area contributed by atoms with Gasteiger partial charge in [0.2, 0.25) is 5.91 Å². The van der Waals surface area contributed by atoms with Crippen molar-refractivity contribution in [3.05, 3.63) is 47.8 Å². The first kappa shape index (κ1) is 18.9. The molecule has 2 aromatic carbocycles. The van der Waals surface area contributed by atoms with Crippen LogP contribution in [0.5, 0.6) is 0 Å². The number of rotatable bonds is 5.